The molecule has 0 atom stereocenters. The van der Waals surface area contributed by atoms with Crippen molar-refractivity contribution in [1.29, 1.82) is 0 Å². The molecule has 0 aliphatic heterocycles. The number of aryl methyl sites for hydroxylation is 1. The highest BCUT2D eigenvalue weighted by molar-refractivity contribution is 6.30. The van der Waals surface area contributed by atoms with Gasteiger partial charge in [-0.2, -0.15) is 13.2 Å². The van der Waals surface area contributed by atoms with Gasteiger partial charge in [-0.15, -0.1) is 0 Å². The highest BCUT2D eigenvalue weighted by Crippen LogP contribution is 2.33. The topological polar surface area (TPSA) is 37.8 Å². The van der Waals surface area contributed by atoms with Gasteiger partial charge in [0.15, 0.2) is 0 Å². The minimum atomic E-state index is -4.56. The average molecular weight is 316 g/mol. The molecule has 0 radical (unpaired) electrons. The van der Waals surface area contributed by atoms with Crippen molar-refractivity contribution in [3.63, 3.8) is 0 Å². The Morgan fingerprint density at radius 1 is 1.19 bits per heavy atom. The van der Waals surface area contributed by atoms with Crippen molar-refractivity contribution in [2.75, 3.05) is 5.32 Å². The van der Waals surface area contributed by atoms with Crippen molar-refractivity contribution in [2.24, 2.45) is 0 Å². The Labute approximate surface area is 125 Å². The molecule has 0 unspecified atom stereocenters. The zero-order valence-electron chi connectivity index (χ0n) is 11.2. The molecule has 0 aliphatic carbocycles. The zero-order chi connectivity index (χ0) is 15.5. The van der Waals surface area contributed by atoms with Gasteiger partial charge in [-0.1, -0.05) is 37.1 Å². The molecule has 0 saturated carbocycles. The molecule has 0 aliphatic rings. The molecule has 2 aromatic rings. The maximum atomic E-state index is 12.5. The van der Waals surface area contributed by atoms with Crippen LogP contribution in [-0.2, 0) is 12.6 Å². The molecular weight excluding hydrogens is 303 g/mol. The zero-order valence-corrected chi connectivity index (χ0v) is 12.0. The minimum Gasteiger partial charge on any atom is -0.324 e. The second kappa shape index (κ2) is 6.30. The predicted molar refractivity (Wildman–Crippen MR) is 75.8 cm³/mol. The lowest BCUT2D eigenvalue weighted by Crippen LogP contribution is -2.09. The van der Waals surface area contributed by atoms with Crippen LogP contribution in [0, 0.1) is 0 Å². The maximum absolute atomic E-state index is 12.5. The molecule has 0 fully saturated rings. The highest BCUT2D eigenvalue weighted by atomic mass is 35.5. The van der Waals surface area contributed by atoms with Gasteiger partial charge >= 0.3 is 6.18 Å². The Hall–Kier alpha value is -1.82. The molecule has 21 heavy (non-hydrogen) atoms. The Bertz CT molecular complexity index is 612. The predicted octanol–water partition coefficient (Wildman–Crippen LogP) is 4.84. The third-order valence-corrected chi connectivity index (χ3v) is 3.08. The average Bonchev–Trinajstić information content (AvgIpc) is 2.40. The van der Waals surface area contributed by atoms with Crippen LogP contribution in [0.5, 0.6) is 0 Å². The van der Waals surface area contributed by atoms with E-state index in [4.69, 9.17) is 11.6 Å². The van der Waals surface area contributed by atoms with Crippen molar-refractivity contribution in [2.45, 2.75) is 25.9 Å². The summed E-state index contributed by atoms with van der Waals surface area (Å²) < 4.78 is 37.6. The highest BCUT2D eigenvalue weighted by Gasteiger charge is 2.34. The second-order valence-corrected chi connectivity index (χ2v) is 4.83. The summed E-state index contributed by atoms with van der Waals surface area (Å²) >= 11 is 5.54. The molecule has 2 rings (SSSR count). The molecule has 1 aromatic heterocycles. The van der Waals surface area contributed by atoms with Gasteiger partial charge in [0, 0.05) is 11.9 Å². The van der Waals surface area contributed by atoms with Crippen LogP contribution in [0.15, 0.2) is 30.5 Å². The standard InChI is InChI=1S/C14H13ClF3N3/c1-2-3-9-4-6-10(7-5-9)20-13-19-8-11(12(15)21-13)14(16,17)18/h4-8H,2-3H2,1H3,(H,19,20,21). The van der Waals surface area contributed by atoms with Gasteiger partial charge in [0.25, 0.3) is 0 Å². The van der Waals surface area contributed by atoms with E-state index in [0.717, 1.165) is 12.8 Å². The fraction of sp³-hybridized carbons (Fsp3) is 0.286. The summed E-state index contributed by atoms with van der Waals surface area (Å²) in [6.45, 7) is 2.09. The Kier molecular flexibility index (Phi) is 4.67. The fourth-order valence-corrected chi connectivity index (χ4v) is 2.02. The summed E-state index contributed by atoms with van der Waals surface area (Å²) in [6.07, 6.45) is -1.87. The van der Waals surface area contributed by atoms with E-state index < -0.39 is 16.9 Å². The number of nitrogens with one attached hydrogen (secondary N) is 1. The number of halogens is 4. The lowest BCUT2D eigenvalue weighted by Gasteiger charge is -2.10. The number of anilines is 2. The molecule has 0 saturated heterocycles. The molecule has 7 heteroatoms. The molecule has 3 nitrogen and oxygen atoms in total. The van der Waals surface area contributed by atoms with Crippen molar-refractivity contribution < 1.29 is 13.2 Å². The number of nitrogens with zero attached hydrogens (tertiary/aromatic N) is 2. The molecule has 0 bridgehead atoms. The third-order valence-electron chi connectivity index (χ3n) is 2.80. The first-order valence-electron chi connectivity index (χ1n) is 6.36. The summed E-state index contributed by atoms with van der Waals surface area (Å²) in [4.78, 5) is 7.25. The first-order valence-corrected chi connectivity index (χ1v) is 6.73. The number of alkyl halides is 3. The van der Waals surface area contributed by atoms with Crippen molar-refractivity contribution in [3.05, 3.63) is 46.7 Å². The normalized spacial score (nSPS) is 11.5. The Morgan fingerprint density at radius 2 is 1.86 bits per heavy atom. The van der Waals surface area contributed by atoms with Crippen molar-refractivity contribution in [1.82, 2.24) is 9.97 Å². The molecule has 0 amide bonds. The van der Waals surface area contributed by atoms with Crippen molar-refractivity contribution >= 4 is 23.2 Å². The van der Waals surface area contributed by atoms with Gasteiger partial charge in [-0.25, -0.2) is 9.97 Å². The van der Waals surface area contributed by atoms with E-state index in [-0.39, 0.29) is 5.95 Å². The first-order chi connectivity index (χ1) is 9.90. The van der Waals surface area contributed by atoms with Crippen LogP contribution in [0.3, 0.4) is 0 Å². The Balaban J connectivity index is 2.15. The SMILES string of the molecule is CCCc1ccc(Nc2ncc(C(F)(F)F)c(Cl)n2)cc1. The van der Waals surface area contributed by atoms with E-state index in [9.17, 15) is 13.2 Å². The monoisotopic (exact) mass is 315 g/mol. The van der Waals surface area contributed by atoms with Crippen LogP contribution in [0.2, 0.25) is 5.15 Å². The fourth-order valence-electron chi connectivity index (χ4n) is 1.78. The van der Waals surface area contributed by atoms with Gasteiger partial charge < -0.3 is 5.32 Å². The molecule has 112 valence electrons. The smallest absolute Gasteiger partial charge is 0.324 e. The van der Waals surface area contributed by atoms with Gasteiger partial charge in [-0.3, -0.25) is 0 Å². The van der Waals surface area contributed by atoms with Crippen LogP contribution in [0.4, 0.5) is 24.8 Å². The summed E-state index contributed by atoms with van der Waals surface area (Å²) in [5.74, 6) is 0.0243. The van der Waals surface area contributed by atoms with Gasteiger partial charge in [0.05, 0.1) is 0 Å². The molecule has 1 N–H and O–H groups in total. The van der Waals surface area contributed by atoms with E-state index >= 15 is 0 Å². The summed E-state index contributed by atoms with van der Waals surface area (Å²) in [5.41, 5.74) is 0.827. The number of hydrogen-bond donors (Lipinski definition) is 1. The molecule has 1 heterocycles. The lowest BCUT2D eigenvalue weighted by atomic mass is 10.1. The second-order valence-electron chi connectivity index (χ2n) is 4.47. The van der Waals surface area contributed by atoms with Gasteiger partial charge in [-0.05, 0) is 24.1 Å². The van der Waals surface area contributed by atoms with E-state index in [1.165, 1.54) is 5.56 Å². The van der Waals surface area contributed by atoms with Crippen LogP contribution in [0.25, 0.3) is 0 Å². The quantitative estimate of drug-likeness (QED) is 0.820. The van der Waals surface area contributed by atoms with E-state index in [2.05, 4.69) is 22.2 Å². The van der Waals surface area contributed by atoms with Gasteiger partial charge in [0.2, 0.25) is 5.95 Å². The minimum absolute atomic E-state index is 0.0243. The van der Waals surface area contributed by atoms with E-state index in [0.29, 0.717) is 11.9 Å². The van der Waals surface area contributed by atoms with Crippen LogP contribution in [-0.4, -0.2) is 9.97 Å². The van der Waals surface area contributed by atoms with Crippen LogP contribution in [0.1, 0.15) is 24.5 Å². The molecular formula is C14H13ClF3N3. The number of hydrogen-bond acceptors (Lipinski definition) is 3. The van der Waals surface area contributed by atoms with E-state index in [1.54, 1.807) is 0 Å². The van der Waals surface area contributed by atoms with Crippen LogP contribution < -0.4 is 5.32 Å². The van der Waals surface area contributed by atoms with Crippen LogP contribution >= 0.6 is 11.6 Å². The molecule has 0 spiro atoms. The summed E-state index contributed by atoms with van der Waals surface area (Å²) in [6, 6.07) is 7.52. The lowest BCUT2D eigenvalue weighted by molar-refractivity contribution is -0.137. The molecule has 1 aromatic carbocycles. The largest absolute Gasteiger partial charge is 0.420 e. The third kappa shape index (κ3) is 4.07. The maximum Gasteiger partial charge on any atom is 0.420 e. The number of aromatic nitrogens is 2. The summed E-state index contributed by atoms with van der Waals surface area (Å²) in [7, 11) is 0. The summed E-state index contributed by atoms with van der Waals surface area (Å²) in [5, 5.41) is 2.20. The van der Waals surface area contributed by atoms with Gasteiger partial charge in [0.1, 0.15) is 10.7 Å². The Morgan fingerprint density at radius 3 is 2.38 bits per heavy atom. The number of benzene rings is 1. The van der Waals surface area contributed by atoms with E-state index in [1.807, 2.05) is 24.3 Å². The first kappa shape index (κ1) is 15.6. The van der Waals surface area contributed by atoms with Crippen molar-refractivity contribution in [3.8, 4) is 0 Å². The number of rotatable bonds is 4.